The number of thioether (sulfide) groups is 2. The van der Waals surface area contributed by atoms with Gasteiger partial charge >= 0.3 is 0 Å². The fourth-order valence-corrected chi connectivity index (χ4v) is 7.30. The molecule has 27 heavy (non-hydrogen) atoms. The third-order valence-electron chi connectivity index (χ3n) is 5.48. The molecule has 2 atom stereocenters. The van der Waals surface area contributed by atoms with Crippen LogP contribution in [0.3, 0.4) is 0 Å². The molecule has 2 aliphatic rings. The molecule has 1 aromatic rings. The van der Waals surface area contributed by atoms with E-state index in [1.165, 1.54) is 62.9 Å². The highest BCUT2D eigenvalue weighted by molar-refractivity contribution is 8.17. The van der Waals surface area contributed by atoms with E-state index < -0.39 is 0 Å². The Labute approximate surface area is 173 Å². The minimum atomic E-state index is 0.237. The van der Waals surface area contributed by atoms with Crippen molar-refractivity contribution in [3.63, 3.8) is 0 Å². The number of nitrogens with zero attached hydrogens (tertiary/aromatic N) is 1. The standard InChI is InChI=1S/C22H34N2OS2/c25-21(23-14-17-24-15-7-2-8-16-24)12-6-5-11-20-13-18-26-22(27-20)19-9-3-1-4-10-19/h1,3-4,9-10,20,22H,2,5-8,11-18H2,(H,23,25). The van der Waals surface area contributed by atoms with Crippen LogP contribution in [0.4, 0.5) is 0 Å². The fraction of sp³-hybridized carbons (Fsp3) is 0.682. The molecule has 5 heteroatoms. The molecule has 0 aliphatic carbocycles. The van der Waals surface area contributed by atoms with E-state index in [1.54, 1.807) is 0 Å². The fourth-order valence-electron chi connectivity index (χ4n) is 3.87. The zero-order valence-electron chi connectivity index (χ0n) is 16.4. The molecule has 1 amide bonds. The maximum absolute atomic E-state index is 12.0. The lowest BCUT2D eigenvalue weighted by Gasteiger charge is -2.28. The number of amides is 1. The van der Waals surface area contributed by atoms with Crippen molar-refractivity contribution in [2.45, 2.75) is 61.2 Å². The van der Waals surface area contributed by atoms with Crippen molar-refractivity contribution in [2.75, 3.05) is 31.9 Å². The first kappa shape index (κ1) is 21.1. The summed E-state index contributed by atoms with van der Waals surface area (Å²) in [6, 6.07) is 10.9. The summed E-state index contributed by atoms with van der Waals surface area (Å²) < 4.78 is 0.586. The first-order valence-corrected chi connectivity index (χ1v) is 12.6. The summed E-state index contributed by atoms with van der Waals surface area (Å²) >= 11 is 4.21. The van der Waals surface area contributed by atoms with E-state index in [4.69, 9.17) is 0 Å². The Morgan fingerprint density at radius 3 is 2.74 bits per heavy atom. The van der Waals surface area contributed by atoms with Crippen LogP contribution in [0.15, 0.2) is 30.3 Å². The molecular formula is C22H34N2OS2. The molecule has 2 heterocycles. The molecule has 3 nitrogen and oxygen atoms in total. The lowest BCUT2D eigenvalue weighted by molar-refractivity contribution is -0.121. The van der Waals surface area contributed by atoms with Crippen LogP contribution in [0.2, 0.25) is 0 Å². The van der Waals surface area contributed by atoms with Crippen LogP contribution in [-0.2, 0) is 4.79 Å². The van der Waals surface area contributed by atoms with Crippen molar-refractivity contribution in [3.8, 4) is 0 Å². The molecule has 0 saturated carbocycles. The predicted octanol–water partition coefficient (Wildman–Crippen LogP) is 5.09. The van der Waals surface area contributed by atoms with E-state index in [0.717, 1.165) is 24.8 Å². The Bertz CT molecular complexity index is 549. The Hall–Kier alpha value is -0.650. The summed E-state index contributed by atoms with van der Waals surface area (Å²) in [5.74, 6) is 1.50. The summed E-state index contributed by atoms with van der Waals surface area (Å²) in [5.41, 5.74) is 1.45. The van der Waals surface area contributed by atoms with Crippen LogP contribution in [0.5, 0.6) is 0 Å². The van der Waals surface area contributed by atoms with Gasteiger partial charge in [-0.15, -0.1) is 23.5 Å². The molecule has 150 valence electrons. The number of carbonyl (C=O) groups is 1. The lowest BCUT2D eigenvalue weighted by Crippen LogP contribution is -2.37. The Morgan fingerprint density at radius 1 is 1.11 bits per heavy atom. The zero-order chi connectivity index (χ0) is 18.7. The van der Waals surface area contributed by atoms with Crippen LogP contribution in [-0.4, -0.2) is 48.0 Å². The molecule has 2 saturated heterocycles. The second kappa shape index (κ2) is 12.0. The highest BCUT2D eigenvalue weighted by Gasteiger charge is 2.23. The van der Waals surface area contributed by atoms with Gasteiger partial charge in [0.2, 0.25) is 5.91 Å². The SMILES string of the molecule is O=C(CCCCC1CCSC(c2ccccc2)S1)NCCN1CCCCC1. The van der Waals surface area contributed by atoms with E-state index in [9.17, 15) is 4.79 Å². The van der Waals surface area contributed by atoms with Gasteiger partial charge in [-0.25, -0.2) is 0 Å². The second-order valence-corrected chi connectivity index (χ2v) is 10.6. The summed E-state index contributed by atoms with van der Waals surface area (Å²) in [6.45, 7) is 4.24. The van der Waals surface area contributed by atoms with E-state index in [0.29, 0.717) is 11.0 Å². The van der Waals surface area contributed by atoms with Crippen LogP contribution >= 0.6 is 23.5 Å². The monoisotopic (exact) mass is 406 g/mol. The topological polar surface area (TPSA) is 32.3 Å². The number of rotatable bonds is 9. The number of likely N-dealkylation sites (tertiary alicyclic amines) is 1. The van der Waals surface area contributed by atoms with Gasteiger partial charge in [-0.05, 0) is 56.5 Å². The number of piperidine rings is 1. The quantitative estimate of drug-likeness (QED) is 0.579. The average molecular weight is 407 g/mol. The highest BCUT2D eigenvalue weighted by Crippen LogP contribution is 2.48. The zero-order valence-corrected chi connectivity index (χ0v) is 18.0. The van der Waals surface area contributed by atoms with Gasteiger partial charge < -0.3 is 10.2 Å². The van der Waals surface area contributed by atoms with Gasteiger partial charge in [0.15, 0.2) is 0 Å². The Balaban J connectivity index is 1.24. The maximum Gasteiger partial charge on any atom is 0.220 e. The van der Waals surface area contributed by atoms with Gasteiger partial charge in [-0.3, -0.25) is 4.79 Å². The van der Waals surface area contributed by atoms with Crippen molar-refractivity contribution >= 4 is 29.4 Å². The number of carbonyl (C=O) groups excluding carboxylic acids is 1. The molecular weight excluding hydrogens is 372 g/mol. The number of unbranched alkanes of at least 4 members (excludes halogenated alkanes) is 1. The van der Waals surface area contributed by atoms with Crippen molar-refractivity contribution in [3.05, 3.63) is 35.9 Å². The lowest BCUT2D eigenvalue weighted by atomic mass is 10.1. The Morgan fingerprint density at radius 2 is 1.93 bits per heavy atom. The number of hydrogen-bond acceptors (Lipinski definition) is 4. The molecule has 3 rings (SSSR count). The number of nitrogens with one attached hydrogen (secondary N) is 1. The van der Waals surface area contributed by atoms with E-state index in [-0.39, 0.29) is 5.91 Å². The maximum atomic E-state index is 12.0. The largest absolute Gasteiger partial charge is 0.355 e. The average Bonchev–Trinajstić information content (AvgIpc) is 2.73. The van der Waals surface area contributed by atoms with Crippen molar-refractivity contribution in [1.29, 1.82) is 0 Å². The molecule has 2 aliphatic heterocycles. The van der Waals surface area contributed by atoms with Gasteiger partial charge in [0.25, 0.3) is 0 Å². The molecule has 1 N–H and O–H groups in total. The van der Waals surface area contributed by atoms with Crippen LogP contribution in [0.1, 0.15) is 61.5 Å². The van der Waals surface area contributed by atoms with Crippen LogP contribution in [0.25, 0.3) is 0 Å². The molecule has 0 radical (unpaired) electrons. The summed E-state index contributed by atoms with van der Waals surface area (Å²) in [4.78, 5) is 14.5. The smallest absolute Gasteiger partial charge is 0.220 e. The molecule has 2 fully saturated rings. The van der Waals surface area contributed by atoms with E-state index in [2.05, 4.69) is 64.1 Å². The summed E-state index contributed by atoms with van der Waals surface area (Å²) in [5, 5.41) is 3.86. The minimum Gasteiger partial charge on any atom is -0.355 e. The van der Waals surface area contributed by atoms with E-state index >= 15 is 0 Å². The van der Waals surface area contributed by atoms with Crippen LogP contribution in [0, 0.1) is 0 Å². The third kappa shape index (κ3) is 7.71. The normalized spacial score (nSPS) is 23.9. The first-order chi connectivity index (χ1) is 13.3. The van der Waals surface area contributed by atoms with Crippen LogP contribution < -0.4 is 5.32 Å². The molecule has 0 spiro atoms. The Kier molecular flexibility index (Phi) is 9.39. The third-order valence-corrected chi connectivity index (χ3v) is 8.64. The summed E-state index contributed by atoms with van der Waals surface area (Å²) in [6.07, 6.45) is 9.43. The molecule has 2 unspecified atom stereocenters. The van der Waals surface area contributed by atoms with Gasteiger partial charge in [0, 0.05) is 24.8 Å². The minimum absolute atomic E-state index is 0.237. The summed E-state index contributed by atoms with van der Waals surface area (Å²) in [7, 11) is 0. The molecule has 0 aromatic heterocycles. The van der Waals surface area contributed by atoms with Gasteiger partial charge in [0.05, 0.1) is 4.58 Å². The second-order valence-electron chi connectivity index (χ2n) is 7.66. The number of hydrogen-bond donors (Lipinski definition) is 1. The first-order valence-electron chi connectivity index (χ1n) is 10.6. The number of benzene rings is 1. The highest BCUT2D eigenvalue weighted by atomic mass is 32.2. The predicted molar refractivity (Wildman–Crippen MR) is 119 cm³/mol. The van der Waals surface area contributed by atoms with Gasteiger partial charge in [0.1, 0.15) is 0 Å². The van der Waals surface area contributed by atoms with Crippen molar-refractivity contribution < 1.29 is 4.79 Å². The van der Waals surface area contributed by atoms with Crippen molar-refractivity contribution in [2.24, 2.45) is 0 Å². The molecule has 1 aromatic carbocycles. The van der Waals surface area contributed by atoms with E-state index in [1.807, 2.05) is 0 Å². The molecule has 0 bridgehead atoms. The van der Waals surface area contributed by atoms with Gasteiger partial charge in [-0.1, -0.05) is 43.2 Å². The van der Waals surface area contributed by atoms with Gasteiger partial charge in [-0.2, -0.15) is 0 Å². The van der Waals surface area contributed by atoms with Crippen molar-refractivity contribution in [1.82, 2.24) is 10.2 Å².